The van der Waals surface area contributed by atoms with Crippen molar-refractivity contribution in [1.82, 2.24) is 15.1 Å². The number of nitrogens with one attached hydrogen (secondary N) is 1. The van der Waals surface area contributed by atoms with E-state index in [1.54, 1.807) is 24.3 Å². The van der Waals surface area contributed by atoms with E-state index < -0.39 is 9.84 Å². The zero-order valence-corrected chi connectivity index (χ0v) is 22.8. The van der Waals surface area contributed by atoms with Crippen molar-refractivity contribution in [3.63, 3.8) is 0 Å². The van der Waals surface area contributed by atoms with E-state index in [0.29, 0.717) is 17.9 Å². The van der Waals surface area contributed by atoms with Crippen LogP contribution in [0.3, 0.4) is 0 Å². The van der Waals surface area contributed by atoms with Crippen LogP contribution in [0.5, 0.6) is 0 Å². The molecule has 2 aliphatic rings. The first-order valence-corrected chi connectivity index (χ1v) is 15.2. The zero-order chi connectivity index (χ0) is 26.5. The largest absolute Gasteiger partial charge is 0.349 e. The van der Waals surface area contributed by atoms with Crippen molar-refractivity contribution >= 4 is 21.7 Å². The van der Waals surface area contributed by atoms with Gasteiger partial charge in [-0.15, -0.1) is 0 Å². The maximum absolute atomic E-state index is 13.4. The Morgan fingerprint density at radius 2 is 1.65 bits per heavy atom. The lowest BCUT2D eigenvalue weighted by Gasteiger charge is -2.38. The molecule has 0 bridgehead atoms. The number of sulfone groups is 1. The summed E-state index contributed by atoms with van der Waals surface area (Å²) in [6.07, 6.45) is 6.00. The summed E-state index contributed by atoms with van der Waals surface area (Å²) in [5.74, 6) is 0.324. The third-order valence-electron chi connectivity index (χ3n) is 7.89. The highest BCUT2D eigenvalue weighted by atomic mass is 32.2. The van der Waals surface area contributed by atoms with E-state index in [4.69, 9.17) is 0 Å². The number of rotatable bonds is 10. The van der Waals surface area contributed by atoms with Crippen LogP contribution in [0.1, 0.15) is 62.6 Å². The van der Waals surface area contributed by atoms with Crippen molar-refractivity contribution in [2.45, 2.75) is 62.9 Å². The molecule has 2 aromatic rings. The second-order valence-corrected chi connectivity index (χ2v) is 12.6. The molecule has 1 atom stereocenters. The van der Waals surface area contributed by atoms with E-state index in [1.165, 1.54) is 6.26 Å². The first-order chi connectivity index (χ1) is 17.7. The summed E-state index contributed by atoms with van der Waals surface area (Å²) in [6.45, 7) is 5.92. The van der Waals surface area contributed by atoms with Crippen LogP contribution < -0.4 is 5.32 Å². The minimum Gasteiger partial charge on any atom is -0.349 e. The second-order valence-electron chi connectivity index (χ2n) is 10.6. The lowest BCUT2D eigenvalue weighted by Crippen LogP contribution is -2.45. The monoisotopic (exact) mass is 525 g/mol. The number of carbonyl (C=O) groups is 2. The Hall–Kier alpha value is -2.71. The highest BCUT2D eigenvalue weighted by Crippen LogP contribution is 2.42. The molecule has 4 rings (SSSR count). The van der Waals surface area contributed by atoms with E-state index in [1.807, 2.05) is 30.0 Å². The quantitative estimate of drug-likeness (QED) is 0.508. The van der Waals surface area contributed by atoms with Crippen molar-refractivity contribution in [1.29, 1.82) is 0 Å². The minimum atomic E-state index is -3.23. The first kappa shape index (κ1) is 27.3. The number of likely N-dealkylation sites (tertiary alicyclic amines) is 2. The SMILES string of the molecule is CCCC(=O)NC(CCN1CCC2(CC1)CCN(Cc1ccc(S(C)(=O)=O)cc1)C2=O)c1ccccc1. The molecule has 2 aromatic carbocycles. The molecule has 2 amide bonds. The van der Waals surface area contributed by atoms with Gasteiger partial charge < -0.3 is 15.1 Å². The molecule has 1 spiro atoms. The van der Waals surface area contributed by atoms with Crippen LogP contribution in [-0.4, -0.2) is 62.5 Å². The molecule has 0 aromatic heterocycles. The Bertz CT molecular complexity index is 1170. The average Bonchev–Trinajstić information content (AvgIpc) is 3.18. The molecule has 2 saturated heterocycles. The molecule has 8 heteroatoms. The van der Waals surface area contributed by atoms with Gasteiger partial charge in [-0.2, -0.15) is 0 Å². The van der Waals surface area contributed by atoms with E-state index in [9.17, 15) is 18.0 Å². The van der Waals surface area contributed by atoms with Gasteiger partial charge in [0.2, 0.25) is 11.8 Å². The molecule has 0 aliphatic carbocycles. The standard InChI is InChI=1S/C29H39N3O4S/c1-3-7-27(33)30-26(24-8-5-4-6-9-24)14-18-31-19-15-29(16-20-31)17-21-32(28(29)34)22-23-10-12-25(13-11-23)37(2,35)36/h4-6,8-13,26H,3,7,14-22H2,1-2H3,(H,30,33). The van der Waals surface area contributed by atoms with Crippen LogP contribution in [0.15, 0.2) is 59.5 Å². The fourth-order valence-corrected chi connectivity index (χ4v) is 6.22. The summed E-state index contributed by atoms with van der Waals surface area (Å²) in [7, 11) is -3.23. The van der Waals surface area contributed by atoms with Gasteiger partial charge in [0.25, 0.3) is 0 Å². The molecule has 2 heterocycles. The predicted molar refractivity (Wildman–Crippen MR) is 145 cm³/mol. The summed E-state index contributed by atoms with van der Waals surface area (Å²) >= 11 is 0. The number of hydrogen-bond acceptors (Lipinski definition) is 5. The third kappa shape index (κ3) is 6.79. The molecule has 2 fully saturated rings. The van der Waals surface area contributed by atoms with Gasteiger partial charge in [0.1, 0.15) is 0 Å². The molecular formula is C29H39N3O4S. The van der Waals surface area contributed by atoms with E-state index in [0.717, 1.165) is 69.4 Å². The number of benzene rings is 2. The third-order valence-corrected chi connectivity index (χ3v) is 9.02. The van der Waals surface area contributed by atoms with Crippen molar-refractivity contribution in [2.75, 3.05) is 32.4 Å². The first-order valence-electron chi connectivity index (χ1n) is 13.4. The molecule has 0 radical (unpaired) electrons. The molecule has 2 aliphatic heterocycles. The fourth-order valence-electron chi connectivity index (χ4n) is 5.59. The molecule has 0 saturated carbocycles. The Labute approximate surface area is 221 Å². The summed E-state index contributed by atoms with van der Waals surface area (Å²) in [6, 6.07) is 17.0. The number of carbonyl (C=O) groups excluding carboxylic acids is 2. The lowest BCUT2D eigenvalue weighted by molar-refractivity contribution is -0.139. The maximum Gasteiger partial charge on any atom is 0.229 e. The molecule has 200 valence electrons. The maximum atomic E-state index is 13.4. The molecular weight excluding hydrogens is 486 g/mol. The van der Waals surface area contributed by atoms with Crippen molar-refractivity contribution < 1.29 is 18.0 Å². The predicted octanol–water partition coefficient (Wildman–Crippen LogP) is 3.95. The average molecular weight is 526 g/mol. The number of hydrogen-bond donors (Lipinski definition) is 1. The Kier molecular flexibility index (Phi) is 8.70. The van der Waals surface area contributed by atoms with E-state index >= 15 is 0 Å². The van der Waals surface area contributed by atoms with Crippen molar-refractivity contribution in [2.24, 2.45) is 5.41 Å². The highest BCUT2D eigenvalue weighted by molar-refractivity contribution is 7.90. The van der Waals surface area contributed by atoms with Crippen LogP contribution in [0.4, 0.5) is 0 Å². The fraction of sp³-hybridized carbons (Fsp3) is 0.517. The van der Waals surface area contributed by atoms with Crippen molar-refractivity contribution in [3.8, 4) is 0 Å². The lowest BCUT2D eigenvalue weighted by atomic mass is 9.77. The van der Waals surface area contributed by atoms with Gasteiger partial charge in [0.05, 0.1) is 16.4 Å². The van der Waals surface area contributed by atoms with Gasteiger partial charge in [-0.3, -0.25) is 9.59 Å². The van der Waals surface area contributed by atoms with Gasteiger partial charge in [-0.1, -0.05) is 49.4 Å². The van der Waals surface area contributed by atoms with Crippen LogP contribution in [0, 0.1) is 5.41 Å². The summed E-state index contributed by atoms with van der Waals surface area (Å²) in [4.78, 5) is 30.4. The van der Waals surface area contributed by atoms with Gasteiger partial charge in [0.15, 0.2) is 9.84 Å². The molecule has 7 nitrogen and oxygen atoms in total. The number of nitrogens with zero attached hydrogens (tertiary/aromatic N) is 2. The second kappa shape index (κ2) is 11.8. The minimum absolute atomic E-state index is 0.00572. The van der Waals surface area contributed by atoms with Crippen LogP contribution >= 0.6 is 0 Å². The Morgan fingerprint density at radius 3 is 2.27 bits per heavy atom. The van der Waals surface area contributed by atoms with Crippen LogP contribution in [0.25, 0.3) is 0 Å². The summed E-state index contributed by atoms with van der Waals surface area (Å²) in [5.41, 5.74) is 1.80. The van der Waals surface area contributed by atoms with Crippen LogP contribution in [0.2, 0.25) is 0 Å². The van der Waals surface area contributed by atoms with Gasteiger partial charge in [-0.25, -0.2) is 8.42 Å². The summed E-state index contributed by atoms with van der Waals surface area (Å²) < 4.78 is 23.4. The van der Waals surface area contributed by atoms with E-state index in [2.05, 4.69) is 22.3 Å². The zero-order valence-electron chi connectivity index (χ0n) is 22.0. The van der Waals surface area contributed by atoms with Gasteiger partial charge in [0, 0.05) is 32.3 Å². The molecule has 1 unspecified atom stereocenters. The van der Waals surface area contributed by atoms with Crippen molar-refractivity contribution in [3.05, 3.63) is 65.7 Å². The number of piperidine rings is 1. The topological polar surface area (TPSA) is 86.8 Å². The Balaban J connectivity index is 1.30. The van der Waals surface area contributed by atoms with E-state index in [-0.39, 0.29) is 23.3 Å². The normalized spacial score (nSPS) is 18.8. The summed E-state index contributed by atoms with van der Waals surface area (Å²) in [5, 5.41) is 3.21. The van der Waals surface area contributed by atoms with Gasteiger partial charge >= 0.3 is 0 Å². The number of amides is 2. The smallest absolute Gasteiger partial charge is 0.229 e. The van der Waals surface area contributed by atoms with Gasteiger partial charge in [-0.05, 0) is 68.5 Å². The highest BCUT2D eigenvalue weighted by Gasteiger charge is 2.47. The van der Waals surface area contributed by atoms with Crippen LogP contribution in [-0.2, 0) is 26.0 Å². The Morgan fingerprint density at radius 1 is 1.00 bits per heavy atom. The molecule has 37 heavy (non-hydrogen) atoms. The molecule has 1 N–H and O–H groups in total.